The first kappa shape index (κ1) is 18.8. The first-order valence-electron chi connectivity index (χ1n) is 8.81. The Morgan fingerprint density at radius 3 is 2.85 bits per heavy atom. The molecule has 1 aliphatic rings. The van der Waals surface area contributed by atoms with Crippen molar-refractivity contribution in [3.63, 3.8) is 0 Å². The van der Waals surface area contributed by atoms with E-state index in [2.05, 4.69) is 20.8 Å². The number of nitrogens with one attached hydrogen (secondary N) is 2. The first-order valence-corrected chi connectivity index (χ1v) is 8.81. The van der Waals surface area contributed by atoms with Gasteiger partial charge in [-0.3, -0.25) is 4.79 Å². The quantitative estimate of drug-likeness (QED) is 0.732. The molecule has 3 N–H and O–H groups in total. The number of hydrogen-bond donors (Lipinski definition) is 3. The van der Waals surface area contributed by atoms with E-state index < -0.39 is 12.1 Å². The number of carboxylic acid groups (broad SMARTS) is 1. The molecule has 9 heteroatoms. The fourth-order valence-corrected chi connectivity index (χ4v) is 3.47. The van der Waals surface area contributed by atoms with E-state index in [9.17, 15) is 14.7 Å². The number of hydrogen-bond acceptors (Lipinski definition) is 6. The Kier molecular flexibility index (Phi) is 5.41. The summed E-state index contributed by atoms with van der Waals surface area (Å²) in [7, 11) is 1.85. The summed E-state index contributed by atoms with van der Waals surface area (Å²) in [5.41, 5.74) is 2.10. The van der Waals surface area contributed by atoms with Gasteiger partial charge in [0.25, 0.3) is 5.89 Å². The van der Waals surface area contributed by atoms with Gasteiger partial charge in [0.05, 0.1) is 6.04 Å². The Morgan fingerprint density at radius 1 is 1.41 bits per heavy atom. The van der Waals surface area contributed by atoms with E-state index in [0.717, 1.165) is 12.1 Å². The molecule has 0 unspecified atom stereocenters. The summed E-state index contributed by atoms with van der Waals surface area (Å²) in [4.78, 5) is 29.4. The van der Waals surface area contributed by atoms with E-state index in [0.29, 0.717) is 35.8 Å². The zero-order valence-electron chi connectivity index (χ0n) is 15.5. The van der Waals surface area contributed by atoms with Gasteiger partial charge in [0.2, 0.25) is 5.91 Å². The number of benzene rings is 1. The van der Waals surface area contributed by atoms with Crippen molar-refractivity contribution >= 4 is 17.7 Å². The third kappa shape index (κ3) is 3.92. The van der Waals surface area contributed by atoms with Crippen LogP contribution in [0.1, 0.15) is 37.7 Å². The van der Waals surface area contributed by atoms with E-state index in [4.69, 9.17) is 4.52 Å². The van der Waals surface area contributed by atoms with Crippen LogP contribution >= 0.6 is 0 Å². The van der Waals surface area contributed by atoms with Crippen molar-refractivity contribution in [2.24, 2.45) is 0 Å². The number of fused-ring (bicyclic) bond motifs is 1. The molecule has 0 radical (unpaired) electrons. The van der Waals surface area contributed by atoms with Gasteiger partial charge >= 0.3 is 6.09 Å². The maximum absolute atomic E-state index is 12.1. The molecule has 2 heterocycles. The lowest BCUT2D eigenvalue weighted by molar-refractivity contribution is -0.117. The molecular formula is C18H23N5O4. The highest BCUT2D eigenvalue weighted by molar-refractivity contribution is 5.94. The van der Waals surface area contributed by atoms with Crippen molar-refractivity contribution in [2.75, 3.05) is 18.5 Å². The summed E-state index contributed by atoms with van der Waals surface area (Å²) in [6, 6.07) is 4.88. The molecule has 0 saturated carbocycles. The van der Waals surface area contributed by atoms with Gasteiger partial charge in [-0.05, 0) is 44.2 Å². The minimum atomic E-state index is -1.10. The van der Waals surface area contributed by atoms with Gasteiger partial charge in [-0.2, -0.15) is 4.98 Å². The number of carbonyl (C=O) groups is 2. The molecule has 144 valence electrons. The second-order valence-corrected chi connectivity index (χ2v) is 6.62. The number of carbonyl (C=O) groups excluding carboxylic acids is 1. The van der Waals surface area contributed by atoms with E-state index >= 15 is 0 Å². The van der Waals surface area contributed by atoms with Gasteiger partial charge < -0.3 is 25.2 Å². The van der Waals surface area contributed by atoms with E-state index in [1.807, 2.05) is 20.0 Å². The SMILES string of the molecule is CNCCc1noc(-c2ccc3c(c2)[C@H](NC(=O)O)C[C@H](C)N3C(C)=O)n1. The molecule has 0 saturated heterocycles. The Labute approximate surface area is 156 Å². The minimum Gasteiger partial charge on any atom is -0.465 e. The summed E-state index contributed by atoms with van der Waals surface area (Å²) in [5.74, 6) is 0.875. The van der Waals surface area contributed by atoms with E-state index in [1.54, 1.807) is 17.0 Å². The fourth-order valence-electron chi connectivity index (χ4n) is 3.47. The van der Waals surface area contributed by atoms with Crippen molar-refractivity contribution in [1.29, 1.82) is 0 Å². The molecule has 2 aromatic rings. The number of rotatable bonds is 5. The van der Waals surface area contributed by atoms with Crippen molar-refractivity contribution in [1.82, 2.24) is 20.8 Å². The molecule has 27 heavy (non-hydrogen) atoms. The molecule has 0 bridgehead atoms. The molecule has 1 aromatic carbocycles. The zero-order valence-corrected chi connectivity index (χ0v) is 15.5. The van der Waals surface area contributed by atoms with Gasteiger partial charge in [0.15, 0.2) is 5.82 Å². The van der Waals surface area contributed by atoms with Crippen LogP contribution in [-0.4, -0.2) is 46.9 Å². The lowest BCUT2D eigenvalue weighted by atomic mass is 9.90. The van der Waals surface area contributed by atoms with Crippen LogP contribution in [0.5, 0.6) is 0 Å². The molecule has 1 aliphatic heterocycles. The predicted octanol–water partition coefficient (Wildman–Crippen LogP) is 1.95. The summed E-state index contributed by atoms with van der Waals surface area (Å²) in [5, 5.41) is 18.7. The van der Waals surface area contributed by atoms with Crippen LogP contribution in [0.2, 0.25) is 0 Å². The average Bonchev–Trinajstić information content (AvgIpc) is 3.07. The fraction of sp³-hybridized carbons (Fsp3) is 0.444. The monoisotopic (exact) mass is 373 g/mol. The third-order valence-corrected chi connectivity index (χ3v) is 4.63. The smallest absolute Gasteiger partial charge is 0.405 e. The van der Waals surface area contributed by atoms with Crippen LogP contribution in [0.4, 0.5) is 10.5 Å². The summed E-state index contributed by atoms with van der Waals surface area (Å²) < 4.78 is 5.34. The van der Waals surface area contributed by atoms with E-state index in [1.165, 1.54) is 6.92 Å². The Bertz CT molecular complexity index is 850. The first-order chi connectivity index (χ1) is 12.9. The van der Waals surface area contributed by atoms with E-state index in [-0.39, 0.29) is 11.9 Å². The van der Waals surface area contributed by atoms with Gasteiger partial charge in [0, 0.05) is 37.2 Å². The van der Waals surface area contributed by atoms with Crippen molar-refractivity contribution < 1.29 is 19.2 Å². The van der Waals surface area contributed by atoms with Crippen molar-refractivity contribution in [3.05, 3.63) is 29.6 Å². The van der Waals surface area contributed by atoms with Crippen LogP contribution < -0.4 is 15.5 Å². The average molecular weight is 373 g/mol. The van der Waals surface area contributed by atoms with Crippen LogP contribution in [0, 0.1) is 0 Å². The maximum atomic E-state index is 12.1. The topological polar surface area (TPSA) is 121 Å². The molecule has 0 spiro atoms. The summed E-state index contributed by atoms with van der Waals surface area (Å²) in [6.45, 7) is 4.14. The van der Waals surface area contributed by atoms with Gasteiger partial charge in [0.1, 0.15) is 0 Å². The highest BCUT2D eigenvalue weighted by atomic mass is 16.5. The number of likely N-dealkylation sites (N-methyl/N-ethyl adjacent to an activating group) is 1. The van der Waals surface area contributed by atoms with Crippen LogP contribution in [0.15, 0.2) is 22.7 Å². The summed E-state index contributed by atoms with van der Waals surface area (Å²) in [6.07, 6.45) is 0.0237. The number of nitrogens with zero attached hydrogens (tertiary/aromatic N) is 3. The number of amides is 2. The maximum Gasteiger partial charge on any atom is 0.405 e. The predicted molar refractivity (Wildman–Crippen MR) is 98.5 cm³/mol. The largest absolute Gasteiger partial charge is 0.465 e. The second-order valence-electron chi connectivity index (χ2n) is 6.62. The van der Waals surface area contributed by atoms with Crippen molar-refractivity contribution in [2.45, 2.75) is 38.8 Å². The lowest BCUT2D eigenvalue weighted by Crippen LogP contribution is -2.45. The highest BCUT2D eigenvalue weighted by Crippen LogP contribution is 2.39. The molecule has 2 atom stereocenters. The van der Waals surface area contributed by atoms with Gasteiger partial charge in [-0.15, -0.1) is 0 Å². The normalized spacial score (nSPS) is 18.9. The summed E-state index contributed by atoms with van der Waals surface area (Å²) >= 11 is 0. The molecule has 2 amide bonds. The van der Waals surface area contributed by atoms with Gasteiger partial charge in [-0.1, -0.05) is 5.16 Å². The second kappa shape index (κ2) is 7.75. The molecular weight excluding hydrogens is 350 g/mol. The molecule has 9 nitrogen and oxygen atoms in total. The Hall–Kier alpha value is -2.94. The standard InChI is InChI=1S/C18H23N5O4/c1-10-8-14(20-18(25)26)13-9-12(4-5-15(13)23(10)11(2)24)17-21-16(22-27-17)6-7-19-3/h4-5,9-10,14,19-20H,6-8H2,1-3H3,(H,25,26)/t10-,14+/m0/s1. The van der Waals surface area contributed by atoms with Crippen LogP contribution in [0.25, 0.3) is 11.5 Å². The third-order valence-electron chi connectivity index (χ3n) is 4.63. The molecule has 0 fully saturated rings. The molecule has 0 aliphatic carbocycles. The highest BCUT2D eigenvalue weighted by Gasteiger charge is 2.33. The van der Waals surface area contributed by atoms with Gasteiger partial charge in [-0.25, -0.2) is 4.79 Å². The zero-order chi connectivity index (χ0) is 19.6. The Morgan fingerprint density at radius 2 is 2.19 bits per heavy atom. The van der Waals surface area contributed by atoms with Crippen LogP contribution in [-0.2, 0) is 11.2 Å². The number of aromatic nitrogens is 2. The van der Waals surface area contributed by atoms with Crippen molar-refractivity contribution in [3.8, 4) is 11.5 Å². The lowest BCUT2D eigenvalue weighted by Gasteiger charge is -2.38. The molecule has 3 rings (SSSR count). The van der Waals surface area contributed by atoms with Crippen LogP contribution in [0.3, 0.4) is 0 Å². The number of anilines is 1. The Balaban J connectivity index is 1.99. The molecule has 1 aromatic heterocycles. The minimum absolute atomic E-state index is 0.0857.